The van der Waals surface area contributed by atoms with Gasteiger partial charge < -0.3 is 14.4 Å². The number of hydrogen-bond acceptors (Lipinski definition) is 4. The molecule has 2 aromatic carbocycles. The second-order valence-corrected chi connectivity index (χ2v) is 6.40. The third-order valence-corrected chi connectivity index (χ3v) is 4.63. The highest BCUT2D eigenvalue weighted by Gasteiger charge is 2.17. The molecule has 1 aliphatic rings. The second-order valence-electron chi connectivity index (χ2n) is 5.96. The number of nitrogens with zero attached hydrogens (tertiary/aromatic N) is 2. The molecule has 24 heavy (non-hydrogen) atoms. The highest BCUT2D eigenvalue weighted by Crippen LogP contribution is 2.24. The minimum atomic E-state index is 0.782. The van der Waals surface area contributed by atoms with Gasteiger partial charge in [0, 0.05) is 49.5 Å². The number of hydrogen-bond donors (Lipinski definition) is 0. The molecule has 128 valence electrons. The normalized spacial score (nSPS) is 15.4. The van der Waals surface area contributed by atoms with E-state index in [9.17, 15) is 0 Å². The molecule has 0 aliphatic carbocycles. The van der Waals surface area contributed by atoms with Crippen LogP contribution in [0.3, 0.4) is 0 Å². The molecule has 5 heteroatoms. The van der Waals surface area contributed by atoms with Gasteiger partial charge in [0.1, 0.15) is 11.5 Å². The van der Waals surface area contributed by atoms with Gasteiger partial charge in [0.15, 0.2) is 0 Å². The van der Waals surface area contributed by atoms with Gasteiger partial charge in [-0.2, -0.15) is 0 Å². The van der Waals surface area contributed by atoms with Crippen molar-refractivity contribution in [1.29, 1.82) is 0 Å². The molecule has 1 heterocycles. The molecule has 0 spiro atoms. The van der Waals surface area contributed by atoms with Crippen molar-refractivity contribution in [2.75, 3.05) is 45.3 Å². The standard InChI is InChI=1S/C19H23ClN2O2/c1-23-18-11-15(12-19(13-18)24-2)14-21-7-9-22(10-8-21)17-5-3-16(20)4-6-17/h3-6,11-13H,7-10,14H2,1-2H3. The first kappa shape index (κ1) is 16.9. The van der Waals surface area contributed by atoms with Crippen molar-refractivity contribution in [3.8, 4) is 11.5 Å². The Labute approximate surface area is 148 Å². The lowest BCUT2D eigenvalue weighted by molar-refractivity contribution is 0.249. The van der Waals surface area contributed by atoms with Crippen molar-refractivity contribution in [2.45, 2.75) is 6.54 Å². The first-order valence-corrected chi connectivity index (χ1v) is 8.50. The molecule has 0 saturated carbocycles. The Morgan fingerprint density at radius 2 is 1.46 bits per heavy atom. The fourth-order valence-electron chi connectivity index (χ4n) is 3.03. The minimum Gasteiger partial charge on any atom is -0.497 e. The highest BCUT2D eigenvalue weighted by molar-refractivity contribution is 6.30. The van der Waals surface area contributed by atoms with E-state index in [0.717, 1.165) is 49.2 Å². The lowest BCUT2D eigenvalue weighted by Crippen LogP contribution is -2.45. The Bertz CT molecular complexity index is 645. The van der Waals surface area contributed by atoms with Crippen molar-refractivity contribution in [1.82, 2.24) is 4.90 Å². The number of anilines is 1. The summed E-state index contributed by atoms with van der Waals surface area (Å²) < 4.78 is 10.7. The van der Waals surface area contributed by atoms with Gasteiger partial charge in [0.05, 0.1) is 14.2 Å². The van der Waals surface area contributed by atoms with Crippen LogP contribution in [0, 0.1) is 0 Å². The molecule has 4 nitrogen and oxygen atoms in total. The molecule has 1 aliphatic heterocycles. The van der Waals surface area contributed by atoms with Gasteiger partial charge in [-0.05, 0) is 42.0 Å². The summed E-state index contributed by atoms with van der Waals surface area (Å²) >= 11 is 5.97. The summed E-state index contributed by atoms with van der Waals surface area (Å²) in [5, 5.41) is 0.782. The topological polar surface area (TPSA) is 24.9 Å². The molecule has 1 saturated heterocycles. The zero-order chi connectivity index (χ0) is 16.9. The Morgan fingerprint density at radius 3 is 2.00 bits per heavy atom. The maximum Gasteiger partial charge on any atom is 0.122 e. The first-order valence-electron chi connectivity index (χ1n) is 8.13. The fraction of sp³-hybridized carbons (Fsp3) is 0.368. The van der Waals surface area contributed by atoms with E-state index in [0.29, 0.717) is 0 Å². The van der Waals surface area contributed by atoms with Crippen molar-refractivity contribution in [3.05, 3.63) is 53.1 Å². The Hall–Kier alpha value is -1.91. The van der Waals surface area contributed by atoms with E-state index >= 15 is 0 Å². The molecule has 0 atom stereocenters. The smallest absolute Gasteiger partial charge is 0.122 e. The fourth-order valence-corrected chi connectivity index (χ4v) is 3.16. The van der Waals surface area contributed by atoms with Gasteiger partial charge in [0.25, 0.3) is 0 Å². The average molecular weight is 347 g/mol. The van der Waals surface area contributed by atoms with E-state index in [-0.39, 0.29) is 0 Å². The average Bonchev–Trinajstić information content (AvgIpc) is 2.62. The Balaban J connectivity index is 1.60. The molecular formula is C19H23ClN2O2. The van der Waals surface area contributed by atoms with E-state index in [1.807, 2.05) is 18.2 Å². The van der Waals surface area contributed by atoms with Gasteiger partial charge in [-0.15, -0.1) is 0 Å². The summed E-state index contributed by atoms with van der Waals surface area (Å²) in [6, 6.07) is 14.1. The maximum absolute atomic E-state index is 5.97. The van der Waals surface area contributed by atoms with Crippen LogP contribution in [0.1, 0.15) is 5.56 Å². The summed E-state index contributed by atoms with van der Waals surface area (Å²) in [5.41, 5.74) is 2.45. The maximum atomic E-state index is 5.97. The van der Waals surface area contributed by atoms with Crippen LogP contribution < -0.4 is 14.4 Å². The van der Waals surface area contributed by atoms with E-state index in [4.69, 9.17) is 21.1 Å². The lowest BCUT2D eigenvalue weighted by Gasteiger charge is -2.36. The van der Waals surface area contributed by atoms with Gasteiger partial charge in [-0.25, -0.2) is 0 Å². The van der Waals surface area contributed by atoms with Crippen LogP contribution in [0.15, 0.2) is 42.5 Å². The van der Waals surface area contributed by atoms with Crippen LogP contribution in [0.25, 0.3) is 0 Å². The number of halogens is 1. The largest absolute Gasteiger partial charge is 0.497 e. The second kappa shape index (κ2) is 7.77. The summed E-state index contributed by atoms with van der Waals surface area (Å²) in [6.07, 6.45) is 0. The number of methoxy groups -OCH3 is 2. The van der Waals surface area contributed by atoms with Gasteiger partial charge in [0.2, 0.25) is 0 Å². The van der Waals surface area contributed by atoms with Crippen LogP contribution in [0.5, 0.6) is 11.5 Å². The monoisotopic (exact) mass is 346 g/mol. The molecule has 0 bridgehead atoms. The summed E-state index contributed by atoms with van der Waals surface area (Å²) in [4.78, 5) is 4.86. The van der Waals surface area contributed by atoms with Crippen LogP contribution >= 0.6 is 11.6 Å². The summed E-state index contributed by atoms with van der Waals surface area (Å²) in [6.45, 7) is 5.00. The molecule has 2 aromatic rings. The van der Waals surface area contributed by atoms with Crippen molar-refractivity contribution < 1.29 is 9.47 Å². The van der Waals surface area contributed by atoms with Crippen LogP contribution in [0.4, 0.5) is 5.69 Å². The minimum absolute atomic E-state index is 0.782. The first-order chi connectivity index (χ1) is 11.7. The zero-order valence-electron chi connectivity index (χ0n) is 14.2. The molecule has 0 radical (unpaired) electrons. The van der Waals surface area contributed by atoms with Gasteiger partial charge in [-0.1, -0.05) is 11.6 Å². The Kier molecular flexibility index (Phi) is 5.48. The number of piperazine rings is 1. The third-order valence-electron chi connectivity index (χ3n) is 4.38. The SMILES string of the molecule is COc1cc(CN2CCN(c3ccc(Cl)cc3)CC2)cc(OC)c1. The van der Waals surface area contributed by atoms with Crippen LogP contribution in [-0.2, 0) is 6.54 Å². The molecule has 3 rings (SSSR count). The molecule has 0 unspecified atom stereocenters. The van der Waals surface area contributed by atoms with E-state index in [1.165, 1.54) is 11.3 Å². The predicted molar refractivity (Wildman–Crippen MR) is 98.5 cm³/mol. The lowest BCUT2D eigenvalue weighted by atomic mass is 10.1. The Morgan fingerprint density at radius 1 is 0.875 bits per heavy atom. The zero-order valence-corrected chi connectivity index (χ0v) is 14.9. The van der Waals surface area contributed by atoms with Crippen molar-refractivity contribution >= 4 is 17.3 Å². The molecule has 1 fully saturated rings. The van der Waals surface area contributed by atoms with E-state index in [1.54, 1.807) is 14.2 Å². The number of rotatable bonds is 5. The molecule has 0 N–H and O–H groups in total. The quantitative estimate of drug-likeness (QED) is 0.824. The van der Waals surface area contributed by atoms with Crippen LogP contribution in [0.2, 0.25) is 5.02 Å². The molecule has 0 aromatic heterocycles. The van der Waals surface area contributed by atoms with E-state index < -0.39 is 0 Å². The third kappa shape index (κ3) is 4.13. The summed E-state index contributed by atoms with van der Waals surface area (Å²) in [5.74, 6) is 1.67. The van der Waals surface area contributed by atoms with Crippen LogP contribution in [-0.4, -0.2) is 45.3 Å². The molecule has 0 amide bonds. The van der Waals surface area contributed by atoms with Crippen molar-refractivity contribution in [3.63, 3.8) is 0 Å². The van der Waals surface area contributed by atoms with Gasteiger partial charge in [-0.3, -0.25) is 4.90 Å². The van der Waals surface area contributed by atoms with Gasteiger partial charge >= 0.3 is 0 Å². The highest BCUT2D eigenvalue weighted by atomic mass is 35.5. The van der Waals surface area contributed by atoms with E-state index in [2.05, 4.69) is 34.1 Å². The molecular weight excluding hydrogens is 324 g/mol. The summed E-state index contributed by atoms with van der Waals surface area (Å²) in [7, 11) is 3.37. The number of ether oxygens (including phenoxy) is 2. The van der Waals surface area contributed by atoms with Crippen molar-refractivity contribution in [2.24, 2.45) is 0 Å². The number of benzene rings is 2. The predicted octanol–water partition coefficient (Wildman–Crippen LogP) is 3.68.